The van der Waals surface area contributed by atoms with Gasteiger partial charge in [-0.25, -0.2) is 13.2 Å². The number of nitrogens with one attached hydrogen (secondary N) is 1. The van der Waals surface area contributed by atoms with Crippen molar-refractivity contribution in [2.75, 3.05) is 26.2 Å². The molecule has 0 aromatic heterocycles. The summed E-state index contributed by atoms with van der Waals surface area (Å²) in [6, 6.07) is 6.44. The quantitative estimate of drug-likeness (QED) is 0.808. The van der Waals surface area contributed by atoms with Gasteiger partial charge in [-0.2, -0.15) is 0 Å². The second-order valence-corrected chi connectivity index (χ2v) is 7.07. The summed E-state index contributed by atoms with van der Waals surface area (Å²) < 4.78 is 47.3. The molecule has 1 aliphatic rings. The van der Waals surface area contributed by atoms with Gasteiger partial charge in [0.25, 0.3) is 5.91 Å². The zero-order valence-electron chi connectivity index (χ0n) is 15.2. The molecule has 2 atom stereocenters. The van der Waals surface area contributed by atoms with E-state index >= 15 is 0 Å². The second-order valence-electron chi connectivity index (χ2n) is 6.66. The Kier molecular flexibility index (Phi) is 6.59. The van der Waals surface area contributed by atoms with Crippen molar-refractivity contribution in [3.8, 4) is 0 Å². The highest BCUT2D eigenvalue weighted by molar-refractivity contribution is 6.31. The monoisotopic (exact) mass is 412 g/mol. The van der Waals surface area contributed by atoms with E-state index in [1.54, 1.807) is 6.07 Å². The Morgan fingerprint density at radius 2 is 2.07 bits per heavy atom. The summed E-state index contributed by atoms with van der Waals surface area (Å²) in [7, 11) is 0. The number of carbonyl (C=O) groups is 1. The third kappa shape index (κ3) is 4.66. The lowest BCUT2D eigenvalue weighted by Crippen LogP contribution is -2.47. The third-order valence-electron chi connectivity index (χ3n) is 4.68. The molecule has 0 radical (unpaired) electrons. The van der Waals surface area contributed by atoms with Crippen LogP contribution in [0, 0.1) is 17.5 Å². The van der Waals surface area contributed by atoms with Crippen molar-refractivity contribution in [1.29, 1.82) is 0 Å². The summed E-state index contributed by atoms with van der Waals surface area (Å²) >= 11 is 6.24. The number of rotatable bonds is 5. The first-order valence-corrected chi connectivity index (χ1v) is 9.27. The van der Waals surface area contributed by atoms with Crippen LogP contribution >= 0.6 is 11.6 Å². The van der Waals surface area contributed by atoms with Crippen molar-refractivity contribution in [3.05, 3.63) is 70.0 Å². The molecule has 0 bridgehead atoms. The zero-order valence-corrected chi connectivity index (χ0v) is 16.0. The molecule has 150 valence electrons. The standard InChI is InChI=1S/C20H20ClF3N2O2/c1-12-11-26(7-8-28-12)18(19-15(21)3-2-4-17(19)24)10-25-20(27)14-9-13(22)5-6-16(14)23/h2-6,9,12,18H,7-8,10-11H2,1H3,(H,25,27)/t12-,18-/m0/s1. The van der Waals surface area contributed by atoms with Crippen LogP contribution in [0.4, 0.5) is 13.2 Å². The molecule has 28 heavy (non-hydrogen) atoms. The number of halogens is 4. The highest BCUT2D eigenvalue weighted by atomic mass is 35.5. The number of hydrogen-bond donors (Lipinski definition) is 1. The van der Waals surface area contributed by atoms with Gasteiger partial charge < -0.3 is 10.1 Å². The third-order valence-corrected chi connectivity index (χ3v) is 5.00. The molecule has 1 N–H and O–H groups in total. The molecule has 2 aromatic rings. The maximum absolute atomic E-state index is 14.6. The fraction of sp³-hybridized carbons (Fsp3) is 0.350. The van der Waals surface area contributed by atoms with Gasteiger partial charge >= 0.3 is 0 Å². The van der Waals surface area contributed by atoms with E-state index in [1.807, 2.05) is 11.8 Å². The van der Waals surface area contributed by atoms with E-state index in [4.69, 9.17) is 16.3 Å². The molecule has 1 fully saturated rings. The lowest BCUT2D eigenvalue weighted by molar-refractivity contribution is -0.0346. The van der Waals surface area contributed by atoms with Gasteiger partial charge in [0.05, 0.1) is 24.3 Å². The zero-order chi connectivity index (χ0) is 20.3. The molecule has 0 unspecified atom stereocenters. The SMILES string of the molecule is C[C@H]1CN([C@@H](CNC(=O)c2cc(F)ccc2F)c2c(F)cccc2Cl)CCO1. The van der Waals surface area contributed by atoms with Gasteiger partial charge in [0.15, 0.2) is 0 Å². The molecule has 3 rings (SSSR count). The Morgan fingerprint density at radius 1 is 1.29 bits per heavy atom. The van der Waals surface area contributed by atoms with E-state index in [0.29, 0.717) is 19.7 Å². The Hall–Kier alpha value is -2.09. The van der Waals surface area contributed by atoms with E-state index < -0.39 is 35.0 Å². The van der Waals surface area contributed by atoms with Crippen LogP contribution in [0.25, 0.3) is 0 Å². The molecule has 1 aliphatic heterocycles. The van der Waals surface area contributed by atoms with Gasteiger partial charge in [-0.15, -0.1) is 0 Å². The molecule has 0 saturated carbocycles. The summed E-state index contributed by atoms with van der Waals surface area (Å²) in [6.45, 7) is 3.36. The average molecular weight is 413 g/mol. The molecular weight excluding hydrogens is 393 g/mol. The number of amides is 1. The van der Waals surface area contributed by atoms with E-state index in [-0.39, 0.29) is 23.2 Å². The van der Waals surface area contributed by atoms with Gasteiger partial charge in [-0.1, -0.05) is 17.7 Å². The van der Waals surface area contributed by atoms with Crippen LogP contribution < -0.4 is 5.32 Å². The first kappa shape index (κ1) is 20.6. The maximum Gasteiger partial charge on any atom is 0.254 e. The smallest absolute Gasteiger partial charge is 0.254 e. The normalized spacial score (nSPS) is 18.7. The summed E-state index contributed by atoms with van der Waals surface area (Å²) in [4.78, 5) is 14.3. The maximum atomic E-state index is 14.6. The topological polar surface area (TPSA) is 41.6 Å². The van der Waals surface area contributed by atoms with Crippen molar-refractivity contribution in [2.24, 2.45) is 0 Å². The van der Waals surface area contributed by atoms with E-state index in [2.05, 4.69) is 5.32 Å². The van der Waals surface area contributed by atoms with Gasteiger partial charge in [-0.05, 0) is 37.3 Å². The minimum absolute atomic E-state index is 0.0256. The molecule has 2 aromatic carbocycles. The van der Waals surface area contributed by atoms with Gasteiger partial charge in [0.2, 0.25) is 0 Å². The molecule has 0 spiro atoms. The summed E-state index contributed by atoms with van der Waals surface area (Å²) in [6.07, 6.45) is -0.0711. The molecule has 4 nitrogen and oxygen atoms in total. The Balaban J connectivity index is 1.85. The number of benzene rings is 2. The highest BCUT2D eigenvalue weighted by Crippen LogP contribution is 2.31. The van der Waals surface area contributed by atoms with Crippen LogP contribution in [-0.4, -0.2) is 43.2 Å². The largest absolute Gasteiger partial charge is 0.376 e. The highest BCUT2D eigenvalue weighted by Gasteiger charge is 2.30. The fourth-order valence-electron chi connectivity index (χ4n) is 3.33. The van der Waals surface area contributed by atoms with Crippen LogP contribution in [0.1, 0.15) is 28.9 Å². The lowest BCUT2D eigenvalue weighted by Gasteiger charge is -2.38. The molecule has 8 heteroatoms. The van der Waals surface area contributed by atoms with Crippen molar-refractivity contribution in [1.82, 2.24) is 10.2 Å². The van der Waals surface area contributed by atoms with E-state index in [0.717, 1.165) is 18.2 Å². The first-order chi connectivity index (χ1) is 13.4. The first-order valence-electron chi connectivity index (χ1n) is 8.89. The molecule has 1 saturated heterocycles. The minimum atomic E-state index is -0.834. The second kappa shape index (κ2) is 8.94. The minimum Gasteiger partial charge on any atom is -0.376 e. The van der Waals surface area contributed by atoms with Crippen LogP contribution in [0.5, 0.6) is 0 Å². The number of carbonyl (C=O) groups excluding carboxylic acids is 1. The molecule has 1 heterocycles. The van der Waals surface area contributed by atoms with Gasteiger partial charge in [-0.3, -0.25) is 9.69 Å². The number of morpholine rings is 1. The van der Waals surface area contributed by atoms with Crippen LogP contribution in [0.15, 0.2) is 36.4 Å². The Morgan fingerprint density at radius 3 is 2.79 bits per heavy atom. The van der Waals surface area contributed by atoms with Gasteiger partial charge in [0.1, 0.15) is 17.5 Å². The fourth-order valence-corrected chi connectivity index (χ4v) is 3.62. The number of nitrogens with zero attached hydrogens (tertiary/aromatic N) is 1. The van der Waals surface area contributed by atoms with E-state index in [9.17, 15) is 18.0 Å². The van der Waals surface area contributed by atoms with Crippen LogP contribution in [0.2, 0.25) is 5.02 Å². The average Bonchev–Trinajstić information content (AvgIpc) is 2.65. The lowest BCUT2D eigenvalue weighted by atomic mass is 10.0. The summed E-state index contributed by atoms with van der Waals surface area (Å²) in [5.74, 6) is -2.83. The Bertz CT molecular complexity index is 845. The van der Waals surface area contributed by atoms with Gasteiger partial charge in [0, 0.05) is 30.2 Å². The predicted molar refractivity (Wildman–Crippen MR) is 99.8 cm³/mol. The van der Waals surface area contributed by atoms with Crippen molar-refractivity contribution in [3.63, 3.8) is 0 Å². The van der Waals surface area contributed by atoms with Crippen LogP contribution in [-0.2, 0) is 4.74 Å². The van der Waals surface area contributed by atoms with E-state index in [1.165, 1.54) is 12.1 Å². The number of ether oxygens (including phenoxy) is 1. The Labute approximate surface area is 166 Å². The number of hydrogen-bond acceptors (Lipinski definition) is 3. The molecular formula is C20H20ClF3N2O2. The molecule has 0 aliphatic carbocycles. The van der Waals surface area contributed by atoms with Crippen molar-refractivity contribution in [2.45, 2.75) is 19.1 Å². The van der Waals surface area contributed by atoms with Crippen molar-refractivity contribution < 1.29 is 22.7 Å². The summed E-state index contributed by atoms with van der Waals surface area (Å²) in [5.41, 5.74) is -0.160. The van der Waals surface area contributed by atoms with Crippen LogP contribution in [0.3, 0.4) is 0 Å². The predicted octanol–water partition coefficient (Wildman–Crippen LogP) is 3.95. The van der Waals surface area contributed by atoms with Crippen molar-refractivity contribution >= 4 is 17.5 Å². The summed E-state index contributed by atoms with van der Waals surface area (Å²) in [5, 5.41) is 2.81. The molecule has 1 amide bonds.